The summed E-state index contributed by atoms with van der Waals surface area (Å²) in [6, 6.07) is 6.08. The summed E-state index contributed by atoms with van der Waals surface area (Å²) in [5.41, 5.74) is 0.921. The first-order chi connectivity index (χ1) is 10.2. The van der Waals surface area contributed by atoms with Crippen LogP contribution < -0.4 is 20.1 Å². The van der Waals surface area contributed by atoms with Crippen molar-refractivity contribution in [3.8, 4) is 11.5 Å². The first-order valence-electron chi connectivity index (χ1n) is 7.44. The SMILES string of the molecule is COc1ccc(OC)c(CNC(=O)CCC2CCCN2)c1.Cl. The van der Waals surface area contributed by atoms with Crippen molar-refractivity contribution in [3.63, 3.8) is 0 Å². The number of carbonyl (C=O) groups is 1. The minimum Gasteiger partial charge on any atom is -0.497 e. The predicted octanol–water partition coefficient (Wildman–Crippen LogP) is 2.27. The Kier molecular flexibility index (Phi) is 8.06. The molecular weight excluding hydrogens is 304 g/mol. The van der Waals surface area contributed by atoms with Crippen molar-refractivity contribution in [2.24, 2.45) is 0 Å². The van der Waals surface area contributed by atoms with Crippen molar-refractivity contribution in [3.05, 3.63) is 23.8 Å². The number of rotatable bonds is 7. The zero-order valence-corrected chi connectivity index (χ0v) is 14.0. The lowest BCUT2D eigenvalue weighted by Gasteiger charge is -2.12. The third kappa shape index (κ3) is 5.39. The summed E-state index contributed by atoms with van der Waals surface area (Å²) in [7, 11) is 3.25. The standard InChI is InChI=1S/C16H24N2O3.ClH/c1-20-14-6-7-15(21-2)12(10-14)11-18-16(19)8-5-13-4-3-9-17-13;/h6-7,10,13,17H,3-5,8-9,11H2,1-2H3,(H,18,19);1H. The maximum absolute atomic E-state index is 11.9. The molecule has 6 heteroatoms. The minimum atomic E-state index is 0. The lowest BCUT2D eigenvalue weighted by Crippen LogP contribution is -2.27. The number of benzene rings is 1. The number of methoxy groups -OCH3 is 2. The van der Waals surface area contributed by atoms with E-state index in [0.717, 1.165) is 30.0 Å². The minimum absolute atomic E-state index is 0. The summed E-state index contributed by atoms with van der Waals surface area (Å²) in [6.45, 7) is 1.53. The van der Waals surface area contributed by atoms with Gasteiger partial charge in [0, 0.05) is 24.6 Å². The first-order valence-corrected chi connectivity index (χ1v) is 7.44. The molecule has 1 atom stereocenters. The van der Waals surface area contributed by atoms with Gasteiger partial charge in [-0.05, 0) is 44.0 Å². The highest BCUT2D eigenvalue weighted by Gasteiger charge is 2.15. The van der Waals surface area contributed by atoms with Gasteiger partial charge in [-0.15, -0.1) is 12.4 Å². The predicted molar refractivity (Wildman–Crippen MR) is 88.9 cm³/mol. The van der Waals surface area contributed by atoms with Crippen LogP contribution in [0.25, 0.3) is 0 Å². The monoisotopic (exact) mass is 328 g/mol. The smallest absolute Gasteiger partial charge is 0.220 e. The van der Waals surface area contributed by atoms with Gasteiger partial charge in [-0.25, -0.2) is 0 Å². The highest BCUT2D eigenvalue weighted by atomic mass is 35.5. The number of ether oxygens (including phenoxy) is 2. The fraction of sp³-hybridized carbons (Fsp3) is 0.562. The van der Waals surface area contributed by atoms with Crippen molar-refractivity contribution >= 4 is 18.3 Å². The topological polar surface area (TPSA) is 59.6 Å². The maximum atomic E-state index is 11.9. The first kappa shape index (κ1) is 18.6. The average molecular weight is 329 g/mol. The van der Waals surface area contributed by atoms with E-state index in [1.54, 1.807) is 14.2 Å². The molecule has 1 fully saturated rings. The second kappa shape index (κ2) is 9.54. The molecule has 1 aromatic carbocycles. The van der Waals surface area contributed by atoms with Gasteiger partial charge < -0.3 is 20.1 Å². The van der Waals surface area contributed by atoms with Gasteiger partial charge >= 0.3 is 0 Å². The van der Waals surface area contributed by atoms with Crippen LogP contribution in [-0.2, 0) is 11.3 Å². The molecule has 1 saturated heterocycles. The Hall–Kier alpha value is -1.46. The highest BCUT2D eigenvalue weighted by molar-refractivity contribution is 5.85. The molecule has 1 aromatic rings. The van der Waals surface area contributed by atoms with Gasteiger partial charge in [-0.2, -0.15) is 0 Å². The average Bonchev–Trinajstić information content (AvgIpc) is 3.04. The molecule has 1 aliphatic rings. The van der Waals surface area contributed by atoms with Crippen LogP contribution in [0, 0.1) is 0 Å². The zero-order chi connectivity index (χ0) is 15.1. The van der Waals surface area contributed by atoms with Crippen molar-refractivity contribution in [1.82, 2.24) is 10.6 Å². The van der Waals surface area contributed by atoms with E-state index in [2.05, 4.69) is 10.6 Å². The Morgan fingerprint density at radius 1 is 1.36 bits per heavy atom. The van der Waals surface area contributed by atoms with E-state index in [4.69, 9.17) is 9.47 Å². The lowest BCUT2D eigenvalue weighted by molar-refractivity contribution is -0.121. The summed E-state index contributed by atoms with van der Waals surface area (Å²) in [4.78, 5) is 11.9. The van der Waals surface area contributed by atoms with E-state index in [9.17, 15) is 4.79 Å². The molecule has 1 amide bonds. The second-order valence-electron chi connectivity index (χ2n) is 5.29. The van der Waals surface area contributed by atoms with Gasteiger partial charge in [0.25, 0.3) is 0 Å². The normalized spacial score (nSPS) is 16.7. The molecule has 0 radical (unpaired) electrons. The third-order valence-corrected chi connectivity index (χ3v) is 3.85. The molecular formula is C16H25ClN2O3. The van der Waals surface area contributed by atoms with Crippen LogP contribution in [0.3, 0.4) is 0 Å². The molecule has 1 unspecified atom stereocenters. The summed E-state index contributed by atoms with van der Waals surface area (Å²) in [6.07, 6.45) is 3.86. The van der Waals surface area contributed by atoms with Crippen LogP contribution in [0.15, 0.2) is 18.2 Å². The van der Waals surface area contributed by atoms with Gasteiger partial charge in [-0.1, -0.05) is 0 Å². The van der Waals surface area contributed by atoms with Gasteiger partial charge in [0.2, 0.25) is 5.91 Å². The Morgan fingerprint density at radius 2 is 2.18 bits per heavy atom. The van der Waals surface area contributed by atoms with E-state index < -0.39 is 0 Å². The molecule has 2 rings (SSSR count). The van der Waals surface area contributed by atoms with E-state index in [0.29, 0.717) is 19.0 Å². The van der Waals surface area contributed by atoms with Crippen molar-refractivity contribution < 1.29 is 14.3 Å². The van der Waals surface area contributed by atoms with Crippen LogP contribution in [0.2, 0.25) is 0 Å². The Balaban J connectivity index is 0.00000242. The molecule has 0 aliphatic carbocycles. The van der Waals surface area contributed by atoms with E-state index in [-0.39, 0.29) is 18.3 Å². The molecule has 1 heterocycles. The highest BCUT2D eigenvalue weighted by Crippen LogP contribution is 2.23. The van der Waals surface area contributed by atoms with Gasteiger partial charge in [0.15, 0.2) is 0 Å². The molecule has 0 aromatic heterocycles. The van der Waals surface area contributed by atoms with Crippen molar-refractivity contribution in [2.45, 2.75) is 38.3 Å². The van der Waals surface area contributed by atoms with Crippen molar-refractivity contribution in [2.75, 3.05) is 20.8 Å². The van der Waals surface area contributed by atoms with Gasteiger partial charge in [-0.3, -0.25) is 4.79 Å². The lowest BCUT2D eigenvalue weighted by atomic mass is 10.1. The zero-order valence-electron chi connectivity index (χ0n) is 13.2. The molecule has 0 saturated carbocycles. The largest absolute Gasteiger partial charge is 0.497 e. The van der Waals surface area contributed by atoms with E-state index in [1.807, 2.05) is 18.2 Å². The fourth-order valence-corrected chi connectivity index (χ4v) is 2.61. The number of hydrogen-bond donors (Lipinski definition) is 2. The Labute approximate surface area is 138 Å². The van der Waals surface area contributed by atoms with Crippen LogP contribution in [0.4, 0.5) is 0 Å². The number of carbonyl (C=O) groups excluding carboxylic acids is 1. The number of halogens is 1. The van der Waals surface area contributed by atoms with Gasteiger partial charge in [0.05, 0.1) is 14.2 Å². The van der Waals surface area contributed by atoms with Crippen LogP contribution in [0.1, 0.15) is 31.2 Å². The van der Waals surface area contributed by atoms with Gasteiger partial charge in [0.1, 0.15) is 11.5 Å². The Bertz CT molecular complexity index is 476. The fourth-order valence-electron chi connectivity index (χ4n) is 2.61. The number of nitrogens with one attached hydrogen (secondary N) is 2. The van der Waals surface area contributed by atoms with E-state index in [1.165, 1.54) is 12.8 Å². The van der Waals surface area contributed by atoms with Crippen molar-refractivity contribution in [1.29, 1.82) is 0 Å². The molecule has 22 heavy (non-hydrogen) atoms. The summed E-state index contributed by atoms with van der Waals surface area (Å²) in [5.74, 6) is 1.59. The molecule has 2 N–H and O–H groups in total. The molecule has 0 spiro atoms. The van der Waals surface area contributed by atoms with Crippen LogP contribution in [0.5, 0.6) is 11.5 Å². The quantitative estimate of drug-likeness (QED) is 0.806. The van der Waals surface area contributed by atoms with Crippen LogP contribution >= 0.6 is 12.4 Å². The maximum Gasteiger partial charge on any atom is 0.220 e. The molecule has 124 valence electrons. The number of hydrogen-bond acceptors (Lipinski definition) is 4. The van der Waals surface area contributed by atoms with Crippen LogP contribution in [-0.4, -0.2) is 32.7 Å². The molecule has 1 aliphatic heterocycles. The summed E-state index contributed by atoms with van der Waals surface area (Å²) in [5, 5.41) is 6.35. The third-order valence-electron chi connectivity index (χ3n) is 3.85. The number of amides is 1. The second-order valence-corrected chi connectivity index (χ2v) is 5.29. The molecule has 5 nitrogen and oxygen atoms in total. The molecule has 0 bridgehead atoms. The Morgan fingerprint density at radius 3 is 2.82 bits per heavy atom. The van der Waals surface area contributed by atoms with E-state index >= 15 is 0 Å². The summed E-state index contributed by atoms with van der Waals surface area (Å²) >= 11 is 0. The summed E-state index contributed by atoms with van der Waals surface area (Å²) < 4.78 is 10.5.